The zero-order valence-electron chi connectivity index (χ0n) is 14.5. The molecule has 0 spiro atoms. The van der Waals surface area contributed by atoms with E-state index in [0.29, 0.717) is 5.41 Å². The number of rotatable bonds is 12. The van der Waals surface area contributed by atoms with E-state index in [1.54, 1.807) is 0 Å². The predicted molar refractivity (Wildman–Crippen MR) is 91.2 cm³/mol. The lowest BCUT2D eigenvalue weighted by Crippen LogP contribution is -2.34. The van der Waals surface area contributed by atoms with Crippen LogP contribution in [0.4, 0.5) is 0 Å². The molecule has 0 aliphatic heterocycles. The minimum atomic E-state index is 0.665. The second kappa shape index (κ2) is 10.7. The van der Waals surface area contributed by atoms with Crippen LogP contribution in [0.2, 0.25) is 0 Å². The van der Waals surface area contributed by atoms with Crippen LogP contribution in [0.5, 0.6) is 0 Å². The third kappa shape index (κ3) is 7.67. The number of hydrogen-bond acceptors (Lipinski definition) is 1. The third-order valence-electron chi connectivity index (χ3n) is 5.03. The zero-order chi connectivity index (χ0) is 14.7. The molecule has 0 atom stereocenters. The SMILES string of the molecule is CCCCCCCCCC1(CNCC(C)C)CCCC1. The van der Waals surface area contributed by atoms with Gasteiger partial charge in [-0.25, -0.2) is 0 Å². The Morgan fingerprint density at radius 3 is 2.10 bits per heavy atom. The summed E-state index contributed by atoms with van der Waals surface area (Å²) < 4.78 is 0. The quantitative estimate of drug-likeness (QED) is 0.437. The van der Waals surface area contributed by atoms with Crippen LogP contribution in [0.15, 0.2) is 0 Å². The van der Waals surface area contributed by atoms with Crippen molar-refractivity contribution in [3.8, 4) is 0 Å². The van der Waals surface area contributed by atoms with Crippen molar-refractivity contribution in [1.29, 1.82) is 0 Å². The Balaban J connectivity index is 2.12. The summed E-state index contributed by atoms with van der Waals surface area (Å²) in [6.07, 6.45) is 17.5. The highest BCUT2D eigenvalue weighted by molar-refractivity contribution is 4.86. The van der Waals surface area contributed by atoms with Crippen LogP contribution in [0.1, 0.15) is 97.8 Å². The normalized spacial score (nSPS) is 18.0. The first kappa shape index (κ1) is 18.0. The maximum absolute atomic E-state index is 3.74. The molecule has 120 valence electrons. The largest absolute Gasteiger partial charge is 0.316 e. The summed E-state index contributed by atoms with van der Waals surface area (Å²) in [7, 11) is 0. The van der Waals surface area contributed by atoms with E-state index in [4.69, 9.17) is 0 Å². The maximum Gasteiger partial charge on any atom is 0.000792 e. The molecule has 0 radical (unpaired) electrons. The molecule has 0 heterocycles. The standard InChI is InChI=1S/C19H39N/c1-4-5-6-7-8-9-10-13-19(14-11-12-15-19)17-20-16-18(2)3/h18,20H,4-17H2,1-3H3. The highest BCUT2D eigenvalue weighted by Gasteiger charge is 2.32. The van der Waals surface area contributed by atoms with Gasteiger partial charge < -0.3 is 5.32 Å². The van der Waals surface area contributed by atoms with Crippen LogP contribution in [0.3, 0.4) is 0 Å². The molecule has 0 bridgehead atoms. The second-order valence-corrected chi connectivity index (χ2v) is 7.60. The first-order valence-electron chi connectivity index (χ1n) is 9.39. The van der Waals surface area contributed by atoms with Crippen molar-refractivity contribution in [2.75, 3.05) is 13.1 Å². The number of nitrogens with one attached hydrogen (secondary N) is 1. The second-order valence-electron chi connectivity index (χ2n) is 7.60. The molecule has 1 heteroatoms. The third-order valence-corrected chi connectivity index (χ3v) is 5.03. The van der Waals surface area contributed by atoms with E-state index in [-0.39, 0.29) is 0 Å². The van der Waals surface area contributed by atoms with E-state index >= 15 is 0 Å². The van der Waals surface area contributed by atoms with Crippen molar-refractivity contribution < 1.29 is 0 Å². The predicted octanol–water partition coefficient (Wildman–Crippen LogP) is 5.93. The van der Waals surface area contributed by atoms with Gasteiger partial charge in [0.15, 0.2) is 0 Å². The molecule has 20 heavy (non-hydrogen) atoms. The lowest BCUT2D eigenvalue weighted by Gasteiger charge is -2.30. The van der Waals surface area contributed by atoms with E-state index in [0.717, 1.165) is 5.92 Å². The Bertz CT molecular complexity index is 216. The summed E-state index contributed by atoms with van der Waals surface area (Å²) in [5, 5.41) is 3.74. The van der Waals surface area contributed by atoms with Gasteiger partial charge >= 0.3 is 0 Å². The Kier molecular flexibility index (Phi) is 9.59. The van der Waals surface area contributed by atoms with E-state index in [1.807, 2.05) is 0 Å². The van der Waals surface area contributed by atoms with Gasteiger partial charge in [-0.15, -0.1) is 0 Å². The Labute approximate surface area is 128 Å². The summed E-state index contributed by atoms with van der Waals surface area (Å²) in [6, 6.07) is 0. The zero-order valence-corrected chi connectivity index (χ0v) is 14.5. The molecule has 1 aliphatic carbocycles. The van der Waals surface area contributed by atoms with E-state index < -0.39 is 0 Å². The fourth-order valence-electron chi connectivity index (χ4n) is 3.72. The molecule has 1 saturated carbocycles. The van der Waals surface area contributed by atoms with Crippen LogP contribution in [-0.2, 0) is 0 Å². The van der Waals surface area contributed by atoms with Crippen LogP contribution in [0.25, 0.3) is 0 Å². The molecular formula is C19H39N. The van der Waals surface area contributed by atoms with Gasteiger partial charge in [-0.3, -0.25) is 0 Å². The van der Waals surface area contributed by atoms with Gasteiger partial charge in [0.05, 0.1) is 0 Å². The first-order chi connectivity index (χ1) is 9.68. The van der Waals surface area contributed by atoms with Crippen LogP contribution >= 0.6 is 0 Å². The van der Waals surface area contributed by atoms with Gasteiger partial charge in [-0.1, -0.05) is 78.6 Å². The Hall–Kier alpha value is -0.0400. The molecule has 1 N–H and O–H groups in total. The van der Waals surface area contributed by atoms with Crippen molar-refractivity contribution in [3.05, 3.63) is 0 Å². The molecule has 1 aliphatic rings. The molecular weight excluding hydrogens is 242 g/mol. The van der Waals surface area contributed by atoms with Crippen LogP contribution < -0.4 is 5.32 Å². The molecule has 0 aromatic heterocycles. The van der Waals surface area contributed by atoms with E-state index in [9.17, 15) is 0 Å². The summed E-state index contributed by atoms with van der Waals surface area (Å²) in [4.78, 5) is 0. The monoisotopic (exact) mass is 281 g/mol. The summed E-state index contributed by atoms with van der Waals surface area (Å²) in [6.45, 7) is 9.39. The highest BCUT2D eigenvalue weighted by Crippen LogP contribution is 2.41. The fraction of sp³-hybridized carbons (Fsp3) is 1.00. The van der Waals surface area contributed by atoms with Crippen molar-refractivity contribution in [1.82, 2.24) is 5.32 Å². The summed E-state index contributed by atoms with van der Waals surface area (Å²) in [5.74, 6) is 0.784. The van der Waals surface area contributed by atoms with E-state index in [1.165, 1.54) is 90.1 Å². The fourth-order valence-corrected chi connectivity index (χ4v) is 3.72. The van der Waals surface area contributed by atoms with Crippen molar-refractivity contribution in [3.63, 3.8) is 0 Å². The van der Waals surface area contributed by atoms with Crippen LogP contribution in [0, 0.1) is 11.3 Å². The number of hydrogen-bond donors (Lipinski definition) is 1. The van der Waals surface area contributed by atoms with E-state index in [2.05, 4.69) is 26.1 Å². The molecule has 1 nitrogen and oxygen atoms in total. The maximum atomic E-state index is 3.74. The molecule has 0 unspecified atom stereocenters. The molecule has 0 aromatic carbocycles. The lowest BCUT2D eigenvalue weighted by molar-refractivity contribution is 0.244. The average Bonchev–Trinajstić information content (AvgIpc) is 2.86. The van der Waals surface area contributed by atoms with Crippen molar-refractivity contribution in [2.45, 2.75) is 97.8 Å². The molecule has 0 aromatic rings. The lowest BCUT2D eigenvalue weighted by atomic mass is 9.80. The minimum Gasteiger partial charge on any atom is -0.316 e. The highest BCUT2D eigenvalue weighted by atomic mass is 14.9. The average molecular weight is 282 g/mol. The topological polar surface area (TPSA) is 12.0 Å². The van der Waals surface area contributed by atoms with Gasteiger partial charge in [0.25, 0.3) is 0 Å². The number of unbranched alkanes of at least 4 members (excludes halogenated alkanes) is 6. The van der Waals surface area contributed by atoms with Gasteiger partial charge in [0.1, 0.15) is 0 Å². The van der Waals surface area contributed by atoms with Gasteiger partial charge in [-0.05, 0) is 37.1 Å². The Morgan fingerprint density at radius 2 is 1.50 bits per heavy atom. The van der Waals surface area contributed by atoms with Gasteiger partial charge in [-0.2, -0.15) is 0 Å². The summed E-state index contributed by atoms with van der Waals surface area (Å²) >= 11 is 0. The summed E-state index contributed by atoms with van der Waals surface area (Å²) in [5.41, 5.74) is 0.665. The molecule has 1 rings (SSSR count). The minimum absolute atomic E-state index is 0.665. The van der Waals surface area contributed by atoms with Crippen LogP contribution in [-0.4, -0.2) is 13.1 Å². The van der Waals surface area contributed by atoms with Gasteiger partial charge in [0.2, 0.25) is 0 Å². The molecule has 0 saturated heterocycles. The molecule has 0 amide bonds. The Morgan fingerprint density at radius 1 is 0.900 bits per heavy atom. The van der Waals surface area contributed by atoms with Crippen molar-refractivity contribution in [2.24, 2.45) is 11.3 Å². The van der Waals surface area contributed by atoms with Crippen molar-refractivity contribution >= 4 is 0 Å². The van der Waals surface area contributed by atoms with Gasteiger partial charge in [0, 0.05) is 6.54 Å². The smallest absolute Gasteiger partial charge is 0.000792 e. The first-order valence-corrected chi connectivity index (χ1v) is 9.39. The molecule has 1 fully saturated rings.